The summed E-state index contributed by atoms with van der Waals surface area (Å²) in [5.74, 6) is 0. The number of benzene rings is 1. The summed E-state index contributed by atoms with van der Waals surface area (Å²) in [6, 6.07) is 5.77. The molecule has 2 rings (SSSR count). The minimum absolute atomic E-state index is 0.160. The highest BCUT2D eigenvalue weighted by Crippen LogP contribution is 2.23. The second-order valence-electron chi connectivity index (χ2n) is 5.09. The van der Waals surface area contributed by atoms with Crippen LogP contribution in [-0.2, 0) is 0 Å². The average Bonchev–Trinajstić information content (AvgIpc) is 2.36. The van der Waals surface area contributed by atoms with Crippen LogP contribution < -0.4 is 10.6 Å². The lowest BCUT2D eigenvalue weighted by atomic mass is 9.93. The number of hydrogen-bond acceptors (Lipinski definition) is 2. The second-order valence-corrected chi connectivity index (χ2v) is 5.94. The number of urea groups is 1. The highest BCUT2D eigenvalue weighted by molar-refractivity contribution is 9.10. The molecule has 0 unspecified atom stereocenters. The highest BCUT2D eigenvalue weighted by atomic mass is 79.9. The van der Waals surface area contributed by atoms with Crippen LogP contribution in [0.1, 0.15) is 31.2 Å². The van der Waals surface area contributed by atoms with Gasteiger partial charge in [-0.3, -0.25) is 0 Å². The zero-order valence-electron chi connectivity index (χ0n) is 10.9. The molecule has 104 valence electrons. The van der Waals surface area contributed by atoms with E-state index in [2.05, 4.69) is 26.6 Å². The Morgan fingerprint density at radius 3 is 2.63 bits per heavy atom. The first-order chi connectivity index (χ1) is 9.04. The van der Waals surface area contributed by atoms with Gasteiger partial charge < -0.3 is 15.7 Å². The number of aryl methyl sites for hydroxylation is 1. The SMILES string of the molecule is Cc1ccc(NC(=O)NC2CCC(O)CC2)c(Br)c1. The molecule has 5 heteroatoms. The Morgan fingerprint density at radius 1 is 1.32 bits per heavy atom. The third-order valence-corrected chi connectivity index (χ3v) is 4.06. The Balaban J connectivity index is 1.87. The number of aliphatic hydroxyl groups is 1. The van der Waals surface area contributed by atoms with Crippen LogP contribution >= 0.6 is 15.9 Å². The van der Waals surface area contributed by atoms with Crippen LogP contribution in [0.3, 0.4) is 0 Å². The van der Waals surface area contributed by atoms with Crippen molar-refractivity contribution in [1.82, 2.24) is 5.32 Å². The molecule has 0 aromatic heterocycles. The van der Waals surface area contributed by atoms with E-state index in [4.69, 9.17) is 0 Å². The van der Waals surface area contributed by atoms with Gasteiger partial charge in [-0.15, -0.1) is 0 Å². The average molecular weight is 327 g/mol. The standard InChI is InChI=1S/C14H19BrN2O2/c1-9-2-7-13(12(15)8-9)17-14(19)16-10-3-5-11(18)6-4-10/h2,7-8,10-11,18H,3-6H2,1H3,(H2,16,17,19). The fourth-order valence-corrected chi connectivity index (χ4v) is 2.88. The number of aliphatic hydroxyl groups excluding tert-OH is 1. The molecule has 0 bridgehead atoms. The number of anilines is 1. The van der Waals surface area contributed by atoms with E-state index in [1.165, 1.54) is 0 Å². The summed E-state index contributed by atoms with van der Waals surface area (Å²) in [7, 11) is 0. The lowest BCUT2D eigenvalue weighted by Gasteiger charge is -2.26. The van der Waals surface area contributed by atoms with Crippen molar-refractivity contribution in [2.24, 2.45) is 0 Å². The summed E-state index contributed by atoms with van der Waals surface area (Å²) in [5.41, 5.74) is 1.90. The van der Waals surface area contributed by atoms with Gasteiger partial charge in [0, 0.05) is 10.5 Å². The number of rotatable bonds is 2. The van der Waals surface area contributed by atoms with E-state index in [9.17, 15) is 9.90 Å². The van der Waals surface area contributed by atoms with E-state index in [0.29, 0.717) is 0 Å². The molecule has 19 heavy (non-hydrogen) atoms. The smallest absolute Gasteiger partial charge is 0.319 e. The molecule has 1 fully saturated rings. The zero-order valence-corrected chi connectivity index (χ0v) is 12.5. The van der Waals surface area contributed by atoms with Gasteiger partial charge in [-0.05, 0) is 66.2 Å². The first-order valence-corrected chi connectivity index (χ1v) is 7.35. The number of halogens is 1. The van der Waals surface area contributed by atoms with Crippen LogP contribution in [0.15, 0.2) is 22.7 Å². The number of amides is 2. The molecule has 0 atom stereocenters. The van der Waals surface area contributed by atoms with Crippen molar-refractivity contribution in [3.63, 3.8) is 0 Å². The summed E-state index contributed by atoms with van der Waals surface area (Å²) in [4.78, 5) is 11.9. The minimum atomic E-state index is -0.202. The van der Waals surface area contributed by atoms with Crippen molar-refractivity contribution in [2.45, 2.75) is 44.8 Å². The van der Waals surface area contributed by atoms with Crippen molar-refractivity contribution in [2.75, 3.05) is 5.32 Å². The number of hydrogen-bond donors (Lipinski definition) is 3. The number of carbonyl (C=O) groups is 1. The monoisotopic (exact) mass is 326 g/mol. The largest absolute Gasteiger partial charge is 0.393 e. The molecule has 3 N–H and O–H groups in total. The summed E-state index contributed by atoms with van der Waals surface area (Å²) in [6.45, 7) is 2.00. The first-order valence-electron chi connectivity index (χ1n) is 6.56. The minimum Gasteiger partial charge on any atom is -0.393 e. The molecule has 1 aliphatic rings. The van der Waals surface area contributed by atoms with Crippen LogP contribution in [0.25, 0.3) is 0 Å². The van der Waals surface area contributed by atoms with Gasteiger partial charge in [0.05, 0.1) is 11.8 Å². The predicted octanol–water partition coefficient (Wildman–Crippen LogP) is 3.18. The van der Waals surface area contributed by atoms with Crippen LogP contribution in [0, 0.1) is 6.92 Å². The molecule has 0 heterocycles. The molecule has 0 saturated heterocycles. The van der Waals surface area contributed by atoms with Gasteiger partial charge in [-0.25, -0.2) is 4.79 Å². The lowest BCUT2D eigenvalue weighted by molar-refractivity contribution is 0.118. The van der Waals surface area contributed by atoms with Crippen LogP contribution in [0.5, 0.6) is 0 Å². The van der Waals surface area contributed by atoms with Crippen LogP contribution in [0.4, 0.5) is 10.5 Å². The molecular formula is C14H19BrN2O2. The molecule has 2 amide bonds. The van der Waals surface area contributed by atoms with Crippen LogP contribution in [-0.4, -0.2) is 23.3 Å². The Kier molecular flexibility index (Phi) is 4.82. The Bertz CT molecular complexity index is 457. The van der Waals surface area contributed by atoms with Crippen LogP contribution in [0.2, 0.25) is 0 Å². The maximum atomic E-state index is 11.9. The topological polar surface area (TPSA) is 61.4 Å². The van der Waals surface area contributed by atoms with Gasteiger partial charge in [-0.2, -0.15) is 0 Å². The molecule has 0 aliphatic heterocycles. The molecule has 0 spiro atoms. The van der Waals surface area contributed by atoms with E-state index in [-0.39, 0.29) is 18.2 Å². The molecule has 1 aromatic rings. The fraction of sp³-hybridized carbons (Fsp3) is 0.500. The van der Waals surface area contributed by atoms with Gasteiger partial charge in [0.1, 0.15) is 0 Å². The van der Waals surface area contributed by atoms with Crippen molar-refractivity contribution >= 4 is 27.6 Å². The summed E-state index contributed by atoms with van der Waals surface area (Å²) in [6.07, 6.45) is 3.00. The Hall–Kier alpha value is -1.07. The zero-order chi connectivity index (χ0) is 13.8. The Morgan fingerprint density at radius 2 is 2.00 bits per heavy atom. The molecule has 1 aliphatic carbocycles. The third-order valence-electron chi connectivity index (χ3n) is 3.40. The fourth-order valence-electron chi connectivity index (χ4n) is 2.29. The molecule has 4 nitrogen and oxygen atoms in total. The Labute approximate surface area is 121 Å². The summed E-state index contributed by atoms with van der Waals surface area (Å²) in [5, 5.41) is 15.2. The molecule has 1 aromatic carbocycles. The first kappa shape index (κ1) is 14.3. The van der Waals surface area contributed by atoms with E-state index >= 15 is 0 Å². The van der Waals surface area contributed by atoms with Gasteiger partial charge in [0.15, 0.2) is 0 Å². The van der Waals surface area contributed by atoms with Crippen molar-refractivity contribution < 1.29 is 9.90 Å². The van der Waals surface area contributed by atoms with Crippen molar-refractivity contribution in [3.05, 3.63) is 28.2 Å². The van der Waals surface area contributed by atoms with E-state index in [1.807, 2.05) is 25.1 Å². The third kappa shape index (κ3) is 4.21. The van der Waals surface area contributed by atoms with E-state index < -0.39 is 0 Å². The normalized spacial score (nSPS) is 22.9. The lowest BCUT2D eigenvalue weighted by Crippen LogP contribution is -2.40. The predicted molar refractivity (Wildman–Crippen MR) is 79.3 cm³/mol. The second kappa shape index (κ2) is 6.39. The quantitative estimate of drug-likeness (QED) is 0.781. The highest BCUT2D eigenvalue weighted by Gasteiger charge is 2.20. The number of nitrogens with one attached hydrogen (secondary N) is 2. The maximum Gasteiger partial charge on any atom is 0.319 e. The number of carbonyl (C=O) groups excluding carboxylic acids is 1. The molecule has 0 radical (unpaired) electrons. The molecule has 1 saturated carbocycles. The van der Waals surface area contributed by atoms with Crippen molar-refractivity contribution in [3.8, 4) is 0 Å². The van der Waals surface area contributed by atoms with Gasteiger partial charge in [0.2, 0.25) is 0 Å². The summed E-state index contributed by atoms with van der Waals surface area (Å²) < 4.78 is 0.877. The van der Waals surface area contributed by atoms with E-state index in [1.54, 1.807) is 0 Å². The van der Waals surface area contributed by atoms with Gasteiger partial charge in [0.25, 0.3) is 0 Å². The summed E-state index contributed by atoms with van der Waals surface area (Å²) >= 11 is 3.43. The maximum absolute atomic E-state index is 11.9. The van der Waals surface area contributed by atoms with Gasteiger partial charge >= 0.3 is 6.03 Å². The van der Waals surface area contributed by atoms with Crippen molar-refractivity contribution in [1.29, 1.82) is 0 Å². The molecular weight excluding hydrogens is 308 g/mol. The van der Waals surface area contributed by atoms with Gasteiger partial charge in [-0.1, -0.05) is 6.07 Å². The van der Waals surface area contributed by atoms with E-state index in [0.717, 1.165) is 41.4 Å².